The van der Waals surface area contributed by atoms with Crippen molar-refractivity contribution in [2.75, 3.05) is 6.61 Å². The fourth-order valence-electron chi connectivity index (χ4n) is 3.22. The van der Waals surface area contributed by atoms with Crippen LogP contribution < -0.4 is 4.74 Å². The normalized spacial score (nSPS) is 16.2. The molecule has 2 aromatic carbocycles. The van der Waals surface area contributed by atoms with Gasteiger partial charge in [-0.05, 0) is 42.2 Å². The number of carboxylic acid groups (broad SMARTS) is 1. The maximum absolute atomic E-state index is 13.0. The van der Waals surface area contributed by atoms with E-state index < -0.39 is 12.6 Å². The van der Waals surface area contributed by atoms with Crippen molar-refractivity contribution < 1.29 is 19.4 Å². The largest absolute Gasteiger partial charge is 0.482 e. The second-order valence-electron chi connectivity index (χ2n) is 6.18. The minimum absolute atomic E-state index is 0.0536. The molecular weight excluding hydrogens is 318 g/mol. The summed E-state index contributed by atoms with van der Waals surface area (Å²) < 4.78 is 5.18. The molecule has 0 spiro atoms. The van der Waals surface area contributed by atoms with Crippen LogP contribution >= 0.6 is 0 Å². The molecule has 0 fully saturated rings. The fourth-order valence-corrected chi connectivity index (χ4v) is 3.22. The lowest BCUT2D eigenvalue weighted by molar-refractivity contribution is -0.139. The molecule has 2 aromatic rings. The van der Waals surface area contributed by atoms with Crippen molar-refractivity contribution in [2.45, 2.75) is 32.4 Å². The first kappa shape index (κ1) is 17.0. The summed E-state index contributed by atoms with van der Waals surface area (Å²) >= 11 is 0. The zero-order valence-electron chi connectivity index (χ0n) is 14.1. The van der Waals surface area contributed by atoms with Gasteiger partial charge < -0.3 is 14.7 Å². The van der Waals surface area contributed by atoms with Crippen LogP contribution in [0.15, 0.2) is 48.5 Å². The van der Waals surface area contributed by atoms with Gasteiger partial charge in [0.05, 0.1) is 0 Å². The molecule has 1 N–H and O–H groups in total. The monoisotopic (exact) mass is 339 g/mol. The number of rotatable bonds is 5. The van der Waals surface area contributed by atoms with Gasteiger partial charge in [0.15, 0.2) is 6.61 Å². The molecule has 130 valence electrons. The zero-order chi connectivity index (χ0) is 17.8. The minimum atomic E-state index is -1.05. The van der Waals surface area contributed by atoms with E-state index in [-0.39, 0.29) is 11.9 Å². The Kier molecular flexibility index (Phi) is 5.03. The molecule has 1 unspecified atom stereocenters. The van der Waals surface area contributed by atoms with Gasteiger partial charge >= 0.3 is 5.97 Å². The van der Waals surface area contributed by atoms with Crippen LogP contribution in [0.5, 0.6) is 5.75 Å². The van der Waals surface area contributed by atoms with Gasteiger partial charge in [-0.3, -0.25) is 4.79 Å². The van der Waals surface area contributed by atoms with Crippen LogP contribution in [0, 0.1) is 0 Å². The number of carboxylic acids is 1. The van der Waals surface area contributed by atoms with Gasteiger partial charge in [-0.15, -0.1) is 0 Å². The fraction of sp³-hybridized carbons (Fsp3) is 0.300. The van der Waals surface area contributed by atoms with Gasteiger partial charge in [-0.1, -0.05) is 37.3 Å². The third-order valence-corrected chi connectivity index (χ3v) is 4.53. The first-order valence-electron chi connectivity index (χ1n) is 8.41. The first-order chi connectivity index (χ1) is 12.1. The molecule has 0 saturated carbocycles. The van der Waals surface area contributed by atoms with Crippen molar-refractivity contribution in [3.8, 4) is 5.75 Å². The summed E-state index contributed by atoms with van der Waals surface area (Å²) in [6, 6.07) is 15.1. The molecule has 1 amide bonds. The molecular formula is C20H21NO4. The van der Waals surface area contributed by atoms with Crippen LogP contribution in [0.2, 0.25) is 0 Å². The number of benzene rings is 2. The molecule has 3 rings (SSSR count). The summed E-state index contributed by atoms with van der Waals surface area (Å²) in [4.78, 5) is 25.6. The van der Waals surface area contributed by atoms with Crippen LogP contribution in [-0.2, 0) is 17.8 Å². The number of hydrogen-bond acceptors (Lipinski definition) is 3. The third kappa shape index (κ3) is 3.82. The Morgan fingerprint density at radius 1 is 1.16 bits per heavy atom. The Morgan fingerprint density at radius 3 is 2.64 bits per heavy atom. The maximum Gasteiger partial charge on any atom is 0.341 e. The lowest BCUT2D eigenvalue weighted by Gasteiger charge is -2.36. The van der Waals surface area contributed by atoms with Crippen molar-refractivity contribution in [1.82, 2.24) is 4.90 Å². The van der Waals surface area contributed by atoms with Crippen LogP contribution in [-0.4, -0.2) is 34.5 Å². The predicted molar refractivity (Wildman–Crippen MR) is 93.7 cm³/mol. The number of amides is 1. The molecule has 0 aromatic heterocycles. The molecule has 1 heterocycles. The number of fused-ring (bicyclic) bond motifs is 1. The second kappa shape index (κ2) is 7.38. The first-order valence-corrected chi connectivity index (χ1v) is 8.41. The van der Waals surface area contributed by atoms with Crippen LogP contribution in [0.25, 0.3) is 0 Å². The van der Waals surface area contributed by atoms with Crippen molar-refractivity contribution in [3.63, 3.8) is 0 Å². The molecule has 1 aliphatic heterocycles. The zero-order valence-corrected chi connectivity index (χ0v) is 14.1. The minimum Gasteiger partial charge on any atom is -0.482 e. The number of ether oxygens (including phenoxy) is 1. The quantitative estimate of drug-likeness (QED) is 0.909. The van der Waals surface area contributed by atoms with Crippen molar-refractivity contribution in [3.05, 3.63) is 65.2 Å². The Bertz CT molecular complexity index is 787. The maximum atomic E-state index is 13.0. The van der Waals surface area contributed by atoms with Gasteiger partial charge in [0.25, 0.3) is 5.91 Å². The summed E-state index contributed by atoms with van der Waals surface area (Å²) in [7, 11) is 0. The van der Waals surface area contributed by atoms with E-state index in [1.807, 2.05) is 17.0 Å². The number of hydrogen-bond donors (Lipinski definition) is 1. The molecule has 5 heteroatoms. The van der Waals surface area contributed by atoms with E-state index in [9.17, 15) is 9.59 Å². The Morgan fingerprint density at radius 2 is 1.92 bits per heavy atom. The van der Waals surface area contributed by atoms with E-state index >= 15 is 0 Å². The highest BCUT2D eigenvalue weighted by Crippen LogP contribution is 2.27. The van der Waals surface area contributed by atoms with Gasteiger partial charge in [-0.2, -0.15) is 0 Å². The molecule has 0 saturated heterocycles. The molecule has 0 bridgehead atoms. The SMILES string of the molecule is CCC1Cc2ccccc2CN1C(=O)c1cccc(OCC(=O)O)c1. The van der Waals surface area contributed by atoms with E-state index in [1.165, 1.54) is 11.1 Å². The van der Waals surface area contributed by atoms with Crippen LogP contribution in [0.1, 0.15) is 34.8 Å². The van der Waals surface area contributed by atoms with Crippen molar-refractivity contribution >= 4 is 11.9 Å². The van der Waals surface area contributed by atoms with Gasteiger partial charge in [0.1, 0.15) is 5.75 Å². The van der Waals surface area contributed by atoms with Gasteiger partial charge in [0, 0.05) is 18.2 Å². The average Bonchev–Trinajstić information content (AvgIpc) is 2.65. The highest BCUT2D eigenvalue weighted by Gasteiger charge is 2.29. The molecule has 0 aliphatic carbocycles. The highest BCUT2D eigenvalue weighted by molar-refractivity contribution is 5.95. The Balaban J connectivity index is 1.82. The summed E-state index contributed by atoms with van der Waals surface area (Å²) in [5, 5.41) is 8.72. The smallest absolute Gasteiger partial charge is 0.341 e. The lowest BCUT2D eigenvalue weighted by atomic mass is 9.92. The van der Waals surface area contributed by atoms with E-state index in [4.69, 9.17) is 9.84 Å². The van der Waals surface area contributed by atoms with Crippen molar-refractivity contribution in [1.29, 1.82) is 0 Å². The van der Waals surface area contributed by atoms with Crippen molar-refractivity contribution in [2.24, 2.45) is 0 Å². The molecule has 1 atom stereocenters. The Labute approximate surface area is 146 Å². The molecule has 0 radical (unpaired) electrons. The summed E-state index contributed by atoms with van der Waals surface area (Å²) in [5.74, 6) is -0.712. The highest BCUT2D eigenvalue weighted by atomic mass is 16.5. The van der Waals surface area contributed by atoms with E-state index in [0.29, 0.717) is 17.9 Å². The predicted octanol–water partition coefficient (Wildman–Crippen LogP) is 3.13. The average molecular weight is 339 g/mol. The second-order valence-corrected chi connectivity index (χ2v) is 6.18. The van der Waals surface area contributed by atoms with E-state index in [1.54, 1.807) is 24.3 Å². The number of aliphatic carboxylic acids is 1. The summed E-state index contributed by atoms with van der Waals surface area (Å²) in [5.41, 5.74) is 3.00. The summed E-state index contributed by atoms with van der Waals surface area (Å²) in [6.45, 7) is 2.26. The summed E-state index contributed by atoms with van der Waals surface area (Å²) in [6.07, 6.45) is 1.74. The van der Waals surface area contributed by atoms with Gasteiger partial charge in [0.2, 0.25) is 0 Å². The van der Waals surface area contributed by atoms with E-state index in [2.05, 4.69) is 19.1 Å². The molecule has 5 nitrogen and oxygen atoms in total. The van der Waals surface area contributed by atoms with E-state index in [0.717, 1.165) is 12.8 Å². The van der Waals surface area contributed by atoms with Crippen LogP contribution in [0.4, 0.5) is 0 Å². The number of carbonyl (C=O) groups excluding carboxylic acids is 1. The lowest BCUT2D eigenvalue weighted by Crippen LogP contribution is -2.43. The number of nitrogens with zero attached hydrogens (tertiary/aromatic N) is 1. The third-order valence-electron chi connectivity index (χ3n) is 4.53. The topological polar surface area (TPSA) is 66.8 Å². The molecule has 25 heavy (non-hydrogen) atoms. The van der Waals surface area contributed by atoms with Gasteiger partial charge in [-0.25, -0.2) is 4.79 Å². The standard InChI is InChI=1S/C20H21NO4/c1-2-17-10-14-6-3-4-7-16(14)12-21(17)20(24)15-8-5-9-18(11-15)25-13-19(22)23/h3-9,11,17H,2,10,12-13H2,1H3,(H,22,23). The molecule has 1 aliphatic rings. The van der Waals surface area contributed by atoms with Crippen LogP contribution in [0.3, 0.4) is 0 Å². The Hall–Kier alpha value is -2.82. The number of carbonyl (C=O) groups is 2.